The van der Waals surface area contributed by atoms with Crippen molar-refractivity contribution in [1.29, 1.82) is 0 Å². The van der Waals surface area contributed by atoms with Crippen molar-refractivity contribution in [2.45, 2.75) is 18.9 Å². The van der Waals surface area contributed by atoms with Gasteiger partial charge < -0.3 is 16.0 Å². The summed E-state index contributed by atoms with van der Waals surface area (Å²) < 4.78 is 0. The summed E-state index contributed by atoms with van der Waals surface area (Å²) in [4.78, 5) is 14.9. The number of piperidine rings is 1. The molecule has 1 aliphatic heterocycles. The molecule has 3 N–H and O–H groups in total. The number of nitrogens with zero attached hydrogens (tertiary/aromatic N) is 1. The van der Waals surface area contributed by atoms with E-state index >= 15 is 0 Å². The summed E-state index contributed by atoms with van der Waals surface area (Å²) in [6.45, 7) is 1.92. The summed E-state index contributed by atoms with van der Waals surface area (Å²) in [7, 11) is 1.89. The molecule has 0 aromatic heterocycles. The molecule has 4 nitrogen and oxygen atoms in total. The van der Waals surface area contributed by atoms with Gasteiger partial charge in [0, 0.05) is 37.3 Å². The molecule has 0 bridgehead atoms. The van der Waals surface area contributed by atoms with E-state index in [1.165, 1.54) is 0 Å². The van der Waals surface area contributed by atoms with Crippen LogP contribution in [-0.2, 0) is 0 Å². The zero-order chi connectivity index (χ0) is 16.2. The molecule has 2 aromatic rings. The molecule has 0 atom stereocenters. The lowest BCUT2D eigenvalue weighted by molar-refractivity contribution is 0.103. The predicted octanol–water partition coefficient (Wildman–Crippen LogP) is 2.89. The second-order valence-electron chi connectivity index (χ2n) is 6.00. The van der Waals surface area contributed by atoms with Gasteiger partial charge in [0.1, 0.15) is 0 Å². The fraction of sp³-hybridized carbons (Fsp3) is 0.316. The van der Waals surface area contributed by atoms with Crippen molar-refractivity contribution < 1.29 is 4.79 Å². The number of carbonyl (C=O) groups excluding carboxylic acids is 1. The van der Waals surface area contributed by atoms with Crippen LogP contribution in [-0.4, -0.2) is 32.0 Å². The molecule has 0 saturated carbocycles. The summed E-state index contributed by atoms with van der Waals surface area (Å²) in [6, 6.07) is 15.6. The Balaban J connectivity index is 1.86. The Labute approximate surface area is 137 Å². The van der Waals surface area contributed by atoms with Gasteiger partial charge in [-0.3, -0.25) is 4.79 Å². The second-order valence-corrected chi connectivity index (χ2v) is 6.00. The van der Waals surface area contributed by atoms with E-state index in [9.17, 15) is 4.79 Å². The lowest BCUT2D eigenvalue weighted by Crippen LogP contribution is -2.39. The Kier molecular flexibility index (Phi) is 4.63. The normalized spacial score (nSPS) is 15.5. The maximum atomic E-state index is 12.6. The molecule has 1 aliphatic rings. The van der Waals surface area contributed by atoms with E-state index in [1.54, 1.807) is 0 Å². The largest absolute Gasteiger partial charge is 0.386 e. The number of nitrogens with one attached hydrogen (secondary N) is 1. The lowest BCUT2D eigenvalue weighted by atomic mass is 10.0. The molecule has 0 amide bonds. The number of rotatable bonds is 4. The van der Waals surface area contributed by atoms with Gasteiger partial charge >= 0.3 is 0 Å². The smallest absolute Gasteiger partial charge is 0.193 e. The first kappa shape index (κ1) is 15.6. The maximum Gasteiger partial charge on any atom is 0.193 e. The number of anilines is 2. The van der Waals surface area contributed by atoms with Crippen LogP contribution in [0.1, 0.15) is 28.8 Å². The van der Waals surface area contributed by atoms with Crippen LogP contribution in [0.15, 0.2) is 48.5 Å². The third kappa shape index (κ3) is 3.37. The molecule has 1 saturated heterocycles. The number of hydrogen-bond acceptors (Lipinski definition) is 4. The number of ketones is 1. The first-order valence-corrected chi connectivity index (χ1v) is 8.11. The van der Waals surface area contributed by atoms with E-state index in [2.05, 4.69) is 10.2 Å². The summed E-state index contributed by atoms with van der Waals surface area (Å²) in [5.74, 6) is 0.0503. The van der Waals surface area contributed by atoms with Crippen LogP contribution >= 0.6 is 0 Å². The van der Waals surface area contributed by atoms with Crippen molar-refractivity contribution in [3.63, 3.8) is 0 Å². The quantitative estimate of drug-likeness (QED) is 0.853. The van der Waals surface area contributed by atoms with Crippen molar-refractivity contribution in [3.05, 3.63) is 59.7 Å². The van der Waals surface area contributed by atoms with Crippen molar-refractivity contribution in [2.75, 3.05) is 30.4 Å². The highest BCUT2D eigenvalue weighted by Crippen LogP contribution is 2.30. The molecular weight excluding hydrogens is 286 g/mol. The summed E-state index contributed by atoms with van der Waals surface area (Å²) in [5, 5.41) is 3.23. The molecule has 23 heavy (non-hydrogen) atoms. The fourth-order valence-corrected chi connectivity index (χ4v) is 3.05. The monoisotopic (exact) mass is 309 g/mol. The number of nitrogens with two attached hydrogens (primary N) is 1. The zero-order valence-electron chi connectivity index (χ0n) is 13.5. The first-order chi connectivity index (χ1) is 11.2. The highest BCUT2D eigenvalue weighted by molar-refractivity contribution is 6.09. The Bertz CT molecular complexity index is 676. The Morgan fingerprint density at radius 3 is 2.43 bits per heavy atom. The maximum absolute atomic E-state index is 12.6. The standard InChI is InChI=1S/C19H23N3O/c1-21-17-13-15(19(23)14-5-3-2-4-6-14)7-8-18(17)22-11-9-16(20)10-12-22/h2-8,13,16,21H,9-12,20H2,1H3. The van der Waals surface area contributed by atoms with Gasteiger partial charge in [0.25, 0.3) is 0 Å². The van der Waals surface area contributed by atoms with Gasteiger partial charge in [-0.25, -0.2) is 0 Å². The minimum Gasteiger partial charge on any atom is -0.386 e. The van der Waals surface area contributed by atoms with Crippen molar-refractivity contribution in [1.82, 2.24) is 0 Å². The highest BCUT2D eigenvalue weighted by atomic mass is 16.1. The van der Waals surface area contributed by atoms with Crippen LogP contribution < -0.4 is 16.0 Å². The van der Waals surface area contributed by atoms with Crippen LogP contribution in [0.25, 0.3) is 0 Å². The Morgan fingerprint density at radius 1 is 1.09 bits per heavy atom. The van der Waals surface area contributed by atoms with Gasteiger partial charge in [0.15, 0.2) is 5.78 Å². The molecule has 3 rings (SSSR count). The first-order valence-electron chi connectivity index (χ1n) is 8.11. The van der Waals surface area contributed by atoms with E-state index in [1.807, 2.05) is 55.6 Å². The van der Waals surface area contributed by atoms with Crippen LogP contribution in [0.4, 0.5) is 11.4 Å². The molecular formula is C19H23N3O. The summed E-state index contributed by atoms with van der Waals surface area (Å²) in [5.41, 5.74) is 9.54. The van der Waals surface area contributed by atoms with Crippen molar-refractivity contribution in [3.8, 4) is 0 Å². The average Bonchev–Trinajstić information content (AvgIpc) is 2.62. The van der Waals surface area contributed by atoms with Crippen molar-refractivity contribution >= 4 is 17.2 Å². The van der Waals surface area contributed by atoms with Gasteiger partial charge in [-0.2, -0.15) is 0 Å². The Morgan fingerprint density at radius 2 is 1.78 bits per heavy atom. The minimum absolute atomic E-state index is 0.0503. The Hall–Kier alpha value is -2.33. The number of carbonyl (C=O) groups is 1. The SMILES string of the molecule is CNc1cc(C(=O)c2ccccc2)ccc1N1CCC(N)CC1. The van der Waals surface area contributed by atoms with E-state index < -0.39 is 0 Å². The van der Waals surface area contributed by atoms with Crippen LogP contribution in [0.3, 0.4) is 0 Å². The average molecular weight is 309 g/mol. The van der Waals surface area contributed by atoms with Gasteiger partial charge in [-0.15, -0.1) is 0 Å². The molecule has 1 heterocycles. The fourth-order valence-electron chi connectivity index (χ4n) is 3.05. The van der Waals surface area contributed by atoms with Gasteiger partial charge in [-0.1, -0.05) is 30.3 Å². The topological polar surface area (TPSA) is 58.4 Å². The van der Waals surface area contributed by atoms with Gasteiger partial charge in [0.2, 0.25) is 0 Å². The summed E-state index contributed by atoms with van der Waals surface area (Å²) >= 11 is 0. The molecule has 4 heteroatoms. The molecule has 2 aromatic carbocycles. The molecule has 0 aliphatic carbocycles. The zero-order valence-corrected chi connectivity index (χ0v) is 13.5. The number of hydrogen-bond donors (Lipinski definition) is 2. The van der Waals surface area contributed by atoms with Crippen LogP contribution in [0.5, 0.6) is 0 Å². The molecule has 0 unspecified atom stereocenters. The predicted molar refractivity (Wildman–Crippen MR) is 95.3 cm³/mol. The van der Waals surface area contributed by atoms with E-state index in [0.717, 1.165) is 37.3 Å². The lowest BCUT2D eigenvalue weighted by Gasteiger charge is -2.33. The van der Waals surface area contributed by atoms with E-state index in [4.69, 9.17) is 5.73 Å². The van der Waals surface area contributed by atoms with E-state index in [-0.39, 0.29) is 5.78 Å². The minimum atomic E-state index is 0.0503. The van der Waals surface area contributed by atoms with Crippen LogP contribution in [0.2, 0.25) is 0 Å². The van der Waals surface area contributed by atoms with Crippen LogP contribution in [0, 0.1) is 0 Å². The number of benzene rings is 2. The molecule has 0 radical (unpaired) electrons. The molecule has 1 fully saturated rings. The van der Waals surface area contributed by atoms with Gasteiger partial charge in [0.05, 0.1) is 11.4 Å². The summed E-state index contributed by atoms with van der Waals surface area (Å²) in [6.07, 6.45) is 2.02. The van der Waals surface area contributed by atoms with Crippen molar-refractivity contribution in [2.24, 2.45) is 5.73 Å². The molecule has 120 valence electrons. The van der Waals surface area contributed by atoms with Gasteiger partial charge in [-0.05, 0) is 31.0 Å². The third-order valence-corrected chi connectivity index (χ3v) is 4.44. The third-order valence-electron chi connectivity index (χ3n) is 4.44. The highest BCUT2D eigenvalue weighted by Gasteiger charge is 2.19. The van der Waals surface area contributed by atoms with E-state index in [0.29, 0.717) is 17.2 Å². The second kappa shape index (κ2) is 6.84. The molecule has 0 spiro atoms.